The molecule has 1 aromatic rings. The van der Waals surface area contributed by atoms with Crippen LogP contribution in [0.25, 0.3) is 0 Å². The monoisotopic (exact) mass is 552 g/mol. The van der Waals surface area contributed by atoms with Crippen LogP contribution < -0.4 is 15.4 Å². The maximum atomic E-state index is 11.6. The molecule has 1 heterocycles. The fourth-order valence-corrected chi connectivity index (χ4v) is 3.58. The number of carbonyl (C=O) groups excluding carboxylic acids is 1. The molecule has 2 rings (SSSR count). The van der Waals surface area contributed by atoms with Crippen LogP contribution in [0.2, 0.25) is 0 Å². The third-order valence-corrected chi connectivity index (χ3v) is 5.14. The number of methoxy groups -OCH3 is 1. The molecule has 152 valence electrons. The van der Waals surface area contributed by atoms with E-state index in [0.717, 1.165) is 54.2 Å². The maximum Gasteiger partial charge on any atom is 0.220 e. The van der Waals surface area contributed by atoms with Crippen molar-refractivity contribution in [2.24, 2.45) is 10.9 Å². The van der Waals surface area contributed by atoms with E-state index in [9.17, 15) is 4.79 Å². The predicted octanol–water partition coefficient (Wildman–Crippen LogP) is 3.39. The van der Waals surface area contributed by atoms with E-state index in [-0.39, 0.29) is 29.9 Å². The summed E-state index contributed by atoms with van der Waals surface area (Å²) in [5, 5.41) is 6.10. The van der Waals surface area contributed by atoms with Crippen molar-refractivity contribution in [3.8, 4) is 5.75 Å². The minimum absolute atomic E-state index is 0. The van der Waals surface area contributed by atoms with Crippen LogP contribution in [0.5, 0.6) is 5.75 Å². The first-order valence-electron chi connectivity index (χ1n) is 9.13. The largest absolute Gasteiger partial charge is 0.496 e. The van der Waals surface area contributed by atoms with Crippen molar-refractivity contribution < 1.29 is 9.53 Å². The van der Waals surface area contributed by atoms with Crippen LogP contribution in [0.3, 0.4) is 0 Å². The van der Waals surface area contributed by atoms with Crippen LogP contribution in [0.4, 0.5) is 0 Å². The molecule has 0 saturated carbocycles. The summed E-state index contributed by atoms with van der Waals surface area (Å²) in [4.78, 5) is 18.7. The lowest BCUT2D eigenvalue weighted by atomic mass is 9.93. The van der Waals surface area contributed by atoms with E-state index >= 15 is 0 Å². The zero-order chi connectivity index (χ0) is 18.9. The Labute approximate surface area is 187 Å². The normalized spacial score (nSPS) is 15.1. The molecule has 0 unspecified atom stereocenters. The Hall–Kier alpha value is -1.03. The van der Waals surface area contributed by atoms with Gasteiger partial charge in [-0.25, -0.2) is 4.99 Å². The molecule has 0 bridgehead atoms. The Morgan fingerprint density at radius 3 is 2.67 bits per heavy atom. The van der Waals surface area contributed by atoms with Crippen molar-refractivity contribution in [2.75, 3.05) is 33.8 Å². The molecule has 2 N–H and O–H groups in total. The quantitative estimate of drug-likeness (QED) is 0.322. The van der Waals surface area contributed by atoms with Crippen LogP contribution >= 0.6 is 39.9 Å². The summed E-state index contributed by atoms with van der Waals surface area (Å²) in [6.45, 7) is 5.30. The molecule has 0 atom stereocenters. The first-order chi connectivity index (χ1) is 12.6. The molecule has 0 radical (unpaired) electrons. The highest BCUT2D eigenvalue weighted by Gasteiger charge is 2.23. The molecule has 1 amide bonds. The Kier molecular flexibility index (Phi) is 11.1. The van der Waals surface area contributed by atoms with Gasteiger partial charge in [-0.2, -0.15) is 0 Å². The number of aliphatic imine (C=N–C) groups is 1. The molecular formula is C19H30BrIN4O2. The Morgan fingerprint density at radius 2 is 2.07 bits per heavy atom. The van der Waals surface area contributed by atoms with Crippen molar-refractivity contribution in [1.82, 2.24) is 15.5 Å². The minimum atomic E-state index is 0. The number of likely N-dealkylation sites (tertiary alicyclic amines) is 1. The van der Waals surface area contributed by atoms with Gasteiger partial charge in [-0.15, -0.1) is 24.0 Å². The number of hydrogen-bond acceptors (Lipinski definition) is 3. The Bertz CT molecular complexity index is 634. The van der Waals surface area contributed by atoms with Crippen molar-refractivity contribution in [1.29, 1.82) is 0 Å². The highest BCUT2D eigenvalue weighted by Crippen LogP contribution is 2.24. The van der Waals surface area contributed by atoms with Gasteiger partial charge < -0.3 is 20.3 Å². The van der Waals surface area contributed by atoms with Crippen molar-refractivity contribution in [3.05, 3.63) is 28.2 Å². The lowest BCUT2D eigenvalue weighted by Crippen LogP contribution is -2.46. The summed E-state index contributed by atoms with van der Waals surface area (Å²) in [7, 11) is 3.38. The van der Waals surface area contributed by atoms with E-state index in [1.807, 2.05) is 18.2 Å². The Balaban J connectivity index is 0.00000364. The number of ether oxygens (including phenoxy) is 1. The molecule has 0 spiro atoms. The van der Waals surface area contributed by atoms with Gasteiger partial charge in [0.1, 0.15) is 5.75 Å². The fourth-order valence-electron chi connectivity index (χ4n) is 3.17. The second kappa shape index (κ2) is 12.4. The fraction of sp³-hybridized carbons (Fsp3) is 0.579. The number of halogens is 2. The highest BCUT2D eigenvalue weighted by molar-refractivity contribution is 14.0. The van der Waals surface area contributed by atoms with Gasteiger partial charge in [-0.3, -0.25) is 4.79 Å². The van der Waals surface area contributed by atoms with Crippen molar-refractivity contribution in [2.45, 2.75) is 32.7 Å². The Morgan fingerprint density at radius 1 is 1.37 bits per heavy atom. The molecule has 1 saturated heterocycles. The van der Waals surface area contributed by atoms with E-state index in [2.05, 4.69) is 38.4 Å². The number of nitrogens with one attached hydrogen (secondary N) is 2. The number of carbonyl (C=O) groups is 1. The predicted molar refractivity (Wildman–Crippen MR) is 124 cm³/mol. The summed E-state index contributed by atoms with van der Waals surface area (Å²) >= 11 is 3.51. The molecule has 1 aromatic carbocycles. The first kappa shape index (κ1) is 24.0. The van der Waals surface area contributed by atoms with E-state index in [4.69, 9.17) is 9.73 Å². The SMILES string of the molecule is CCNC(=NCc1cc(Br)ccc1OC)N1CCC(CC(=O)NC)CC1.I. The molecule has 8 heteroatoms. The average molecular weight is 553 g/mol. The molecule has 27 heavy (non-hydrogen) atoms. The minimum Gasteiger partial charge on any atom is -0.496 e. The highest BCUT2D eigenvalue weighted by atomic mass is 127. The zero-order valence-corrected chi connectivity index (χ0v) is 20.2. The van der Waals surface area contributed by atoms with Crippen LogP contribution in [-0.2, 0) is 11.3 Å². The smallest absolute Gasteiger partial charge is 0.220 e. The number of rotatable bonds is 6. The molecule has 0 aliphatic carbocycles. The molecule has 1 aliphatic heterocycles. The molecule has 1 aliphatic rings. The number of nitrogens with zero attached hydrogens (tertiary/aromatic N) is 2. The van der Waals surface area contributed by atoms with Gasteiger partial charge in [0.15, 0.2) is 5.96 Å². The van der Waals surface area contributed by atoms with Gasteiger partial charge in [0.05, 0.1) is 13.7 Å². The number of guanidine groups is 1. The van der Waals surface area contributed by atoms with Gasteiger partial charge in [0.2, 0.25) is 5.91 Å². The topological polar surface area (TPSA) is 66.0 Å². The van der Waals surface area contributed by atoms with Crippen molar-refractivity contribution >= 4 is 51.8 Å². The van der Waals surface area contributed by atoms with Gasteiger partial charge in [-0.05, 0) is 43.9 Å². The summed E-state index contributed by atoms with van der Waals surface area (Å²) in [6.07, 6.45) is 2.64. The second-order valence-corrected chi connectivity index (χ2v) is 7.35. The van der Waals surface area contributed by atoms with Crippen LogP contribution in [0, 0.1) is 5.92 Å². The number of benzene rings is 1. The van der Waals surface area contributed by atoms with Gasteiger partial charge in [-0.1, -0.05) is 15.9 Å². The summed E-state index contributed by atoms with van der Waals surface area (Å²) in [5.74, 6) is 2.36. The molecule has 0 aromatic heterocycles. The third kappa shape index (κ3) is 7.48. The maximum absolute atomic E-state index is 11.6. The zero-order valence-electron chi connectivity index (χ0n) is 16.3. The van der Waals surface area contributed by atoms with Crippen LogP contribution in [0.1, 0.15) is 31.7 Å². The molecule has 6 nitrogen and oxygen atoms in total. The summed E-state index contributed by atoms with van der Waals surface area (Å²) in [6, 6.07) is 5.96. The van der Waals surface area contributed by atoms with Gasteiger partial charge >= 0.3 is 0 Å². The third-order valence-electron chi connectivity index (χ3n) is 4.64. The number of hydrogen-bond donors (Lipinski definition) is 2. The second-order valence-electron chi connectivity index (χ2n) is 6.43. The van der Waals surface area contributed by atoms with Crippen molar-refractivity contribution in [3.63, 3.8) is 0 Å². The lowest BCUT2D eigenvalue weighted by Gasteiger charge is -2.34. The van der Waals surface area contributed by atoms with Crippen LogP contribution in [0.15, 0.2) is 27.7 Å². The summed E-state index contributed by atoms with van der Waals surface area (Å²) in [5.41, 5.74) is 1.05. The molecule has 1 fully saturated rings. The van der Waals surface area contributed by atoms with Gasteiger partial charge in [0, 0.05) is 43.1 Å². The average Bonchev–Trinajstić information content (AvgIpc) is 2.66. The van der Waals surface area contributed by atoms with E-state index < -0.39 is 0 Å². The van der Waals surface area contributed by atoms with E-state index in [1.165, 1.54) is 0 Å². The standard InChI is InChI=1S/C19H29BrN4O2.HI/c1-4-22-19(23-13-15-12-16(20)5-6-17(15)26-3)24-9-7-14(8-10-24)11-18(25)21-2;/h5-6,12,14H,4,7-11,13H2,1-3H3,(H,21,25)(H,22,23);1H. The first-order valence-corrected chi connectivity index (χ1v) is 9.92. The van der Waals surface area contributed by atoms with E-state index in [1.54, 1.807) is 14.2 Å². The lowest BCUT2D eigenvalue weighted by molar-refractivity contribution is -0.121. The number of amides is 1. The number of piperidine rings is 1. The van der Waals surface area contributed by atoms with Crippen LogP contribution in [-0.4, -0.2) is 50.6 Å². The van der Waals surface area contributed by atoms with E-state index in [0.29, 0.717) is 18.9 Å². The molecular weight excluding hydrogens is 523 g/mol. The summed E-state index contributed by atoms with van der Waals surface area (Å²) < 4.78 is 6.45. The van der Waals surface area contributed by atoms with Gasteiger partial charge in [0.25, 0.3) is 0 Å².